The Kier molecular flexibility index (Phi) is 4.41. The molecule has 2 rings (SSSR count). The van der Waals surface area contributed by atoms with Crippen molar-refractivity contribution >= 4 is 28.8 Å². The maximum atomic E-state index is 10.8. The monoisotopic (exact) mass is 262 g/mol. The van der Waals surface area contributed by atoms with Gasteiger partial charge in [0.15, 0.2) is 5.16 Å². The molecule has 5 heteroatoms. The number of rotatable bonds is 6. The number of nitrogens with one attached hydrogen (secondary N) is 1. The molecule has 0 spiro atoms. The van der Waals surface area contributed by atoms with E-state index in [1.807, 2.05) is 24.3 Å². The van der Waals surface area contributed by atoms with Gasteiger partial charge in [0, 0.05) is 11.8 Å². The average Bonchev–Trinajstić information content (AvgIpc) is 2.80. The van der Waals surface area contributed by atoms with Crippen molar-refractivity contribution in [3.8, 4) is 0 Å². The Morgan fingerprint density at radius 1 is 1.50 bits per heavy atom. The van der Waals surface area contributed by atoms with Crippen LogP contribution < -0.4 is 0 Å². The van der Waals surface area contributed by atoms with Gasteiger partial charge in [-0.3, -0.25) is 0 Å². The van der Waals surface area contributed by atoms with E-state index in [9.17, 15) is 4.79 Å². The van der Waals surface area contributed by atoms with Crippen LogP contribution in [0.3, 0.4) is 0 Å². The van der Waals surface area contributed by atoms with E-state index in [4.69, 9.17) is 4.74 Å². The maximum Gasteiger partial charge on any atom is 0.330 e. The van der Waals surface area contributed by atoms with E-state index < -0.39 is 0 Å². The standard InChI is InChI=1S/C13H14N2O2S/c1-2-12(16)17-8-5-9-18-13-14-10-6-3-4-7-11(10)15-13/h2-4,6-7H,1,5,8-9H2,(H,14,15). The first kappa shape index (κ1) is 12.7. The average molecular weight is 262 g/mol. The van der Waals surface area contributed by atoms with Gasteiger partial charge in [-0.1, -0.05) is 30.5 Å². The van der Waals surface area contributed by atoms with Crippen LogP contribution in [0.4, 0.5) is 0 Å². The van der Waals surface area contributed by atoms with Crippen LogP contribution in [-0.2, 0) is 9.53 Å². The highest BCUT2D eigenvalue weighted by Crippen LogP contribution is 2.19. The molecule has 4 nitrogen and oxygen atoms in total. The molecule has 0 saturated carbocycles. The molecule has 1 aromatic heterocycles. The van der Waals surface area contributed by atoms with E-state index in [0.717, 1.165) is 28.4 Å². The summed E-state index contributed by atoms with van der Waals surface area (Å²) in [4.78, 5) is 18.5. The first-order valence-corrected chi connectivity index (χ1v) is 6.65. The number of para-hydroxylation sites is 2. The number of esters is 1. The molecule has 1 N–H and O–H groups in total. The predicted molar refractivity (Wildman–Crippen MR) is 72.6 cm³/mol. The Labute approximate surface area is 109 Å². The van der Waals surface area contributed by atoms with Crippen molar-refractivity contribution in [3.63, 3.8) is 0 Å². The first-order chi connectivity index (χ1) is 8.79. The van der Waals surface area contributed by atoms with E-state index in [1.54, 1.807) is 11.8 Å². The lowest BCUT2D eigenvalue weighted by Gasteiger charge is -2.00. The zero-order valence-electron chi connectivity index (χ0n) is 9.89. The Hall–Kier alpha value is -1.75. The van der Waals surface area contributed by atoms with Crippen molar-refractivity contribution in [3.05, 3.63) is 36.9 Å². The number of carbonyl (C=O) groups excluding carboxylic acids is 1. The lowest BCUT2D eigenvalue weighted by atomic mass is 10.3. The second-order valence-corrected chi connectivity index (χ2v) is 4.72. The van der Waals surface area contributed by atoms with Crippen molar-refractivity contribution in [1.29, 1.82) is 0 Å². The third-order valence-electron chi connectivity index (χ3n) is 2.31. The molecule has 0 aliphatic carbocycles. The summed E-state index contributed by atoms with van der Waals surface area (Å²) < 4.78 is 4.89. The number of aromatic nitrogens is 2. The number of benzene rings is 1. The number of H-pyrrole nitrogens is 1. The smallest absolute Gasteiger partial charge is 0.330 e. The van der Waals surface area contributed by atoms with Crippen molar-refractivity contribution in [2.24, 2.45) is 0 Å². The van der Waals surface area contributed by atoms with Crippen molar-refractivity contribution in [2.75, 3.05) is 12.4 Å². The van der Waals surface area contributed by atoms with Crippen LogP contribution in [0.2, 0.25) is 0 Å². The Balaban J connectivity index is 1.76. The van der Waals surface area contributed by atoms with E-state index in [-0.39, 0.29) is 5.97 Å². The molecule has 0 unspecified atom stereocenters. The van der Waals surface area contributed by atoms with Gasteiger partial charge in [-0.05, 0) is 18.6 Å². The molecule has 0 aliphatic rings. The summed E-state index contributed by atoms with van der Waals surface area (Å²) >= 11 is 1.62. The molecule has 1 aromatic carbocycles. The highest BCUT2D eigenvalue weighted by atomic mass is 32.2. The van der Waals surface area contributed by atoms with Crippen LogP contribution in [0, 0.1) is 0 Å². The number of carbonyl (C=O) groups is 1. The molecular weight excluding hydrogens is 248 g/mol. The molecule has 94 valence electrons. The topological polar surface area (TPSA) is 55.0 Å². The van der Waals surface area contributed by atoms with Crippen LogP contribution in [-0.4, -0.2) is 28.3 Å². The highest BCUT2D eigenvalue weighted by Gasteiger charge is 2.02. The fourth-order valence-corrected chi connectivity index (χ4v) is 2.26. The molecule has 0 amide bonds. The molecular formula is C13H14N2O2S. The molecule has 0 saturated heterocycles. The van der Waals surface area contributed by atoms with Crippen LogP contribution >= 0.6 is 11.8 Å². The van der Waals surface area contributed by atoms with Gasteiger partial charge in [0.2, 0.25) is 0 Å². The number of aromatic amines is 1. The third-order valence-corrected chi connectivity index (χ3v) is 3.27. The number of hydrogen-bond donors (Lipinski definition) is 1. The fourth-order valence-electron chi connectivity index (χ4n) is 1.46. The SMILES string of the molecule is C=CC(=O)OCCCSc1nc2ccccc2[nH]1. The van der Waals surface area contributed by atoms with Crippen molar-refractivity contribution < 1.29 is 9.53 Å². The summed E-state index contributed by atoms with van der Waals surface area (Å²) in [5.41, 5.74) is 2.01. The molecule has 0 atom stereocenters. The van der Waals surface area contributed by atoms with Gasteiger partial charge in [0.05, 0.1) is 17.6 Å². The van der Waals surface area contributed by atoms with Crippen LogP contribution in [0.5, 0.6) is 0 Å². The lowest BCUT2D eigenvalue weighted by molar-refractivity contribution is -0.137. The molecule has 0 radical (unpaired) electrons. The third kappa shape index (κ3) is 3.37. The molecule has 0 bridgehead atoms. The fraction of sp³-hybridized carbons (Fsp3) is 0.231. The van der Waals surface area contributed by atoms with E-state index in [1.165, 1.54) is 6.08 Å². The second-order valence-electron chi connectivity index (χ2n) is 3.63. The zero-order chi connectivity index (χ0) is 12.8. The molecule has 0 aliphatic heterocycles. The Bertz CT molecular complexity index is 518. The van der Waals surface area contributed by atoms with Crippen LogP contribution in [0.15, 0.2) is 42.1 Å². The van der Waals surface area contributed by atoms with E-state index >= 15 is 0 Å². The van der Waals surface area contributed by atoms with Gasteiger partial charge in [-0.15, -0.1) is 0 Å². The second kappa shape index (κ2) is 6.26. The summed E-state index contributed by atoms with van der Waals surface area (Å²) in [6, 6.07) is 7.91. The Morgan fingerprint density at radius 3 is 3.11 bits per heavy atom. The van der Waals surface area contributed by atoms with E-state index in [2.05, 4.69) is 16.5 Å². The summed E-state index contributed by atoms with van der Waals surface area (Å²) in [6.45, 7) is 3.75. The maximum absolute atomic E-state index is 10.8. The predicted octanol–water partition coefficient (Wildman–Crippen LogP) is 2.77. The minimum atomic E-state index is -0.372. The largest absolute Gasteiger partial charge is 0.463 e. The van der Waals surface area contributed by atoms with Gasteiger partial charge in [0.25, 0.3) is 0 Å². The lowest BCUT2D eigenvalue weighted by Crippen LogP contribution is -2.02. The van der Waals surface area contributed by atoms with Crippen LogP contribution in [0.25, 0.3) is 11.0 Å². The number of ether oxygens (including phenoxy) is 1. The highest BCUT2D eigenvalue weighted by molar-refractivity contribution is 7.99. The van der Waals surface area contributed by atoms with Gasteiger partial charge in [-0.25, -0.2) is 9.78 Å². The summed E-state index contributed by atoms with van der Waals surface area (Å²) in [6.07, 6.45) is 1.97. The minimum Gasteiger partial charge on any atom is -0.463 e. The van der Waals surface area contributed by atoms with Crippen molar-refractivity contribution in [1.82, 2.24) is 9.97 Å². The number of nitrogens with zero attached hydrogens (tertiary/aromatic N) is 1. The van der Waals surface area contributed by atoms with Gasteiger partial charge >= 0.3 is 5.97 Å². The summed E-state index contributed by atoms with van der Waals surface area (Å²) in [5.74, 6) is 0.480. The summed E-state index contributed by atoms with van der Waals surface area (Å²) in [7, 11) is 0. The number of fused-ring (bicyclic) bond motifs is 1. The van der Waals surface area contributed by atoms with Crippen LogP contribution in [0.1, 0.15) is 6.42 Å². The molecule has 1 heterocycles. The van der Waals surface area contributed by atoms with Gasteiger partial charge in [-0.2, -0.15) is 0 Å². The molecule has 18 heavy (non-hydrogen) atoms. The number of imidazole rings is 1. The van der Waals surface area contributed by atoms with Crippen molar-refractivity contribution in [2.45, 2.75) is 11.6 Å². The zero-order valence-corrected chi connectivity index (χ0v) is 10.7. The van der Waals surface area contributed by atoms with Gasteiger partial charge in [0.1, 0.15) is 0 Å². The molecule has 0 fully saturated rings. The summed E-state index contributed by atoms with van der Waals surface area (Å²) in [5, 5.41) is 0.895. The molecule has 2 aromatic rings. The Morgan fingerprint density at radius 2 is 2.33 bits per heavy atom. The van der Waals surface area contributed by atoms with E-state index in [0.29, 0.717) is 6.61 Å². The minimum absolute atomic E-state index is 0.372. The quantitative estimate of drug-likeness (QED) is 0.376. The normalized spacial score (nSPS) is 10.4. The number of hydrogen-bond acceptors (Lipinski definition) is 4. The van der Waals surface area contributed by atoms with Gasteiger partial charge < -0.3 is 9.72 Å². The first-order valence-electron chi connectivity index (χ1n) is 5.66. The number of thioether (sulfide) groups is 1.